The van der Waals surface area contributed by atoms with Crippen LogP contribution in [0, 0.1) is 0 Å². The minimum atomic E-state index is 0.0202. The minimum absolute atomic E-state index is 0.0202. The van der Waals surface area contributed by atoms with Crippen LogP contribution in [0.15, 0.2) is 29.3 Å². The van der Waals surface area contributed by atoms with Gasteiger partial charge in [-0.3, -0.25) is 9.36 Å². The van der Waals surface area contributed by atoms with Crippen LogP contribution < -0.4 is 11.3 Å². The maximum absolute atomic E-state index is 12.5. The summed E-state index contributed by atoms with van der Waals surface area (Å²) in [5.41, 5.74) is 7.09. The fraction of sp³-hybridized carbons (Fsp3) is 0.429. The number of hydrogen-bond acceptors (Lipinski definition) is 4. The largest absolute Gasteiger partial charge is 0.399 e. The molecular formula is C14H18N4O. The fourth-order valence-corrected chi connectivity index (χ4v) is 2.69. The van der Waals surface area contributed by atoms with Gasteiger partial charge in [0.15, 0.2) is 0 Å². The zero-order valence-electron chi connectivity index (χ0n) is 11.0. The lowest BCUT2D eigenvalue weighted by Gasteiger charge is -2.30. The predicted octanol–water partition coefficient (Wildman–Crippen LogP) is 1.25. The number of aromatic nitrogens is 2. The van der Waals surface area contributed by atoms with Crippen LogP contribution in [0.1, 0.15) is 18.9 Å². The molecule has 100 valence electrons. The normalized spacial score (nSPS) is 17.9. The highest BCUT2D eigenvalue weighted by atomic mass is 16.1. The van der Waals surface area contributed by atoms with Gasteiger partial charge in [0.25, 0.3) is 5.56 Å². The van der Waals surface area contributed by atoms with Crippen LogP contribution in [-0.4, -0.2) is 34.6 Å². The lowest BCUT2D eigenvalue weighted by atomic mass is 10.1. The van der Waals surface area contributed by atoms with Gasteiger partial charge < -0.3 is 10.6 Å². The smallest absolute Gasteiger partial charge is 0.261 e. The van der Waals surface area contributed by atoms with Crippen molar-refractivity contribution in [2.75, 3.05) is 25.9 Å². The Morgan fingerprint density at radius 1 is 1.32 bits per heavy atom. The molecule has 5 heteroatoms. The molecule has 1 aromatic carbocycles. The van der Waals surface area contributed by atoms with Crippen molar-refractivity contribution in [2.45, 2.75) is 18.9 Å². The van der Waals surface area contributed by atoms with Crippen molar-refractivity contribution in [1.29, 1.82) is 0 Å². The van der Waals surface area contributed by atoms with E-state index in [0.717, 1.165) is 25.9 Å². The molecule has 0 bridgehead atoms. The van der Waals surface area contributed by atoms with E-state index in [1.165, 1.54) is 0 Å². The third kappa shape index (κ3) is 2.21. The molecule has 1 aromatic heterocycles. The Kier molecular flexibility index (Phi) is 2.98. The van der Waals surface area contributed by atoms with E-state index in [1.807, 2.05) is 0 Å². The maximum atomic E-state index is 12.5. The number of nitrogen functional groups attached to an aromatic ring is 1. The molecule has 2 N–H and O–H groups in total. The number of likely N-dealkylation sites (tertiary alicyclic amines) is 1. The third-order valence-corrected chi connectivity index (χ3v) is 3.89. The Bertz CT molecular complexity index is 656. The van der Waals surface area contributed by atoms with Crippen LogP contribution >= 0.6 is 0 Å². The summed E-state index contributed by atoms with van der Waals surface area (Å²) in [7, 11) is 2.11. The molecule has 0 spiro atoms. The minimum Gasteiger partial charge on any atom is -0.399 e. The van der Waals surface area contributed by atoms with Crippen LogP contribution in [0.3, 0.4) is 0 Å². The van der Waals surface area contributed by atoms with Gasteiger partial charge in [-0.05, 0) is 51.2 Å². The molecule has 19 heavy (non-hydrogen) atoms. The Labute approximate surface area is 111 Å². The molecule has 1 aliphatic heterocycles. The molecule has 0 radical (unpaired) electrons. The average Bonchev–Trinajstić information content (AvgIpc) is 2.41. The second kappa shape index (κ2) is 4.66. The van der Waals surface area contributed by atoms with E-state index in [0.29, 0.717) is 16.6 Å². The van der Waals surface area contributed by atoms with Crippen molar-refractivity contribution in [2.24, 2.45) is 0 Å². The van der Waals surface area contributed by atoms with Crippen molar-refractivity contribution in [3.05, 3.63) is 34.9 Å². The van der Waals surface area contributed by atoms with Crippen molar-refractivity contribution >= 4 is 16.6 Å². The SMILES string of the molecule is CN1CCC(n2cnc3ccc(N)cc3c2=O)CC1. The van der Waals surface area contributed by atoms with E-state index >= 15 is 0 Å². The molecule has 5 nitrogen and oxygen atoms in total. The number of fused-ring (bicyclic) bond motifs is 1. The lowest BCUT2D eigenvalue weighted by molar-refractivity contribution is 0.218. The summed E-state index contributed by atoms with van der Waals surface area (Å²) in [4.78, 5) is 19.2. The van der Waals surface area contributed by atoms with Crippen LogP contribution in [-0.2, 0) is 0 Å². The summed E-state index contributed by atoms with van der Waals surface area (Å²) < 4.78 is 1.77. The molecule has 1 saturated heterocycles. The maximum Gasteiger partial charge on any atom is 0.261 e. The average molecular weight is 258 g/mol. The number of anilines is 1. The summed E-state index contributed by atoms with van der Waals surface area (Å²) >= 11 is 0. The third-order valence-electron chi connectivity index (χ3n) is 3.89. The number of hydrogen-bond donors (Lipinski definition) is 1. The fourth-order valence-electron chi connectivity index (χ4n) is 2.69. The van der Waals surface area contributed by atoms with Crippen molar-refractivity contribution in [3.63, 3.8) is 0 Å². The van der Waals surface area contributed by atoms with E-state index in [1.54, 1.807) is 29.1 Å². The van der Waals surface area contributed by atoms with Gasteiger partial charge in [0.2, 0.25) is 0 Å². The first kappa shape index (κ1) is 12.2. The first-order valence-corrected chi connectivity index (χ1v) is 6.60. The Morgan fingerprint density at radius 3 is 2.79 bits per heavy atom. The van der Waals surface area contributed by atoms with Gasteiger partial charge in [0.1, 0.15) is 0 Å². The zero-order valence-corrected chi connectivity index (χ0v) is 11.0. The van der Waals surface area contributed by atoms with Gasteiger partial charge in [-0.2, -0.15) is 0 Å². The van der Waals surface area contributed by atoms with Crippen molar-refractivity contribution < 1.29 is 0 Å². The summed E-state index contributed by atoms with van der Waals surface area (Å²) in [6.45, 7) is 2.04. The number of rotatable bonds is 1. The van der Waals surface area contributed by atoms with Gasteiger partial charge in [-0.1, -0.05) is 0 Å². The summed E-state index contributed by atoms with van der Waals surface area (Å²) in [5.74, 6) is 0. The molecule has 2 heterocycles. The van der Waals surface area contributed by atoms with Crippen LogP contribution in [0.4, 0.5) is 5.69 Å². The molecule has 1 fully saturated rings. The molecule has 0 atom stereocenters. The first-order chi connectivity index (χ1) is 9.15. The molecule has 1 aliphatic rings. The molecule has 0 aliphatic carbocycles. The van der Waals surface area contributed by atoms with Gasteiger partial charge in [0.05, 0.1) is 17.2 Å². The van der Waals surface area contributed by atoms with Crippen LogP contribution in [0.2, 0.25) is 0 Å². The monoisotopic (exact) mass is 258 g/mol. The van der Waals surface area contributed by atoms with E-state index in [-0.39, 0.29) is 11.6 Å². The topological polar surface area (TPSA) is 64.2 Å². The Morgan fingerprint density at radius 2 is 2.05 bits per heavy atom. The predicted molar refractivity (Wildman–Crippen MR) is 76.2 cm³/mol. The molecule has 0 unspecified atom stereocenters. The number of nitrogens with two attached hydrogens (primary N) is 1. The zero-order chi connectivity index (χ0) is 13.4. The van der Waals surface area contributed by atoms with Crippen LogP contribution in [0.25, 0.3) is 10.9 Å². The van der Waals surface area contributed by atoms with Crippen molar-refractivity contribution in [3.8, 4) is 0 Å². The highest BCUT2D eigenvalue weighted by Gasteiger charge is 2.19. The second-order valence-electron chi connectivity index (χ2n) is 5.27. The molecule has 2 aromatic rings. The molecule has 0 saturated carbocycles. The van der Waals surface area contributed by atoms with Gasteiger partial charge in [-0.15, -0.1) is 0 Å². The highest BCUT2D eigenvalue weighted by Crippen LogP contribution is 2.21. The van der Waals surface area contributed by atoms with E-state index in [2.05, 4.69) is 16.9 Å². The number of nitrogens with zero attached hydrogens (tertiary/aromatic N) is 3. The molecule has 3 rings (SSSR count). The summed E-state index contributed by atoms with van der Waals surface area (Å²) in [5, 5.41) is 0.612. The summed E-state index contributed by atoms with van der Waals surface area (Å²) in [6.07, 6.45) is 3.66. The van der Waals surface area contributed by atoms with Gasteiger partial charge in [0, 0.05) is 11.7 Å². The number of benzene rings is 1. The quantitative estimate of drug-likeness (QED) is 0.782. The Balaban J connectivity index is 2.05. The van der Waals surface area contributed by atoms with Crippen molar-refractivity contribution in [1.82, 2.24) is 14.5 Å². The van der Waals surface area contributed by atoms with E-state index in [4.69, 9.17) is 5.73 Å². The van der Waals surface area contributed by atoms with E-state index in [9.17, 15) is 4.79 Å². The first-order valence-electron chi connectivity index (χ1n) is 6.60. The molecule has 0 amide bonds. The van der Waals surface area contributed by atoms with Gasteiger partial charge in [-0.25, -0.2) is 4.98 Å². The standard InChI is InChI=1S/C14H18N4O/c1-17-6-4-11(5-7-17)18-9-16-13-3-2-10(15)8-12(13)14(18)19/h2-3,8-9,11H,4-7,15H2,1H3. The van der Waals surface area contributed by atoms with Crippen LogP contribution in [0.5, 0.6) is 0 Å². The lowest BCUT2D eigenvalue weighted by Crippen LogP contribution is -2.35. The highest BCUT2D eigenvalue weighted by molar-refractivity contribution is 5.80. The van der Waals surface area contributed by atoms with E-state index < -0.39 is 0 Å². The summed E-state index contributed by atoms with van der Waals surface area (Å²) in [6, 6.07) is 5.54. The molecular weight excluding hydrogens is 240 g/mol. The number of piperidine rings is 1. The Hall–Kier alpha value is -1.88. The van der Waals surface area contributed by atoms with Gasteiger partial charge >= 0.3 is 0 Å². The second-order valence-corrected chi connectivity index (χ2v) is 5.27.